The zero-order valence-corrected chi connectivity index (χ0v) is 22.5. The Hall–Kier alpha value is -3.92. The highest BCUT2D eigenvalue weighted by molar-refractivity contribution is 8.00. The lowest BCUT2D eigenvalue weighted by atomic mass is 10.1. The van der Waals surface area contributed by atoms with Crippen molar-refractivity contribution in [2.24, 2.45) is 0 Å². The summed E-state index contributed by atoms with van der Waals surface area (Å²) >= 11 is 1.70. The molecule has 198 valence electrons. The molecule has 2 aromatic heterocycles. The van der Waals surface area contributed by atoms with Gasteiger partial charge in [0.15, 0.2) is 0 Å². The molecule has 1 aliphatic rings. The molecule has 38 heavy (non-hydrogen) atoms. The van der Waals surface area contributed by atoms with Crippen LogP contribution in [0.1, 0.15) is 25.3 Å². The third-order valence-corrected chi connectivity index (χ3v) is 7.59. The molecule has 2 amide bonds. The number of carbonyl (C=O) groups is 2. The second-order valence-corrected chi connectivity index (χ2v) is 10.2. The van der Waals surface area contributed by atoms with Crippen LogP contribution >= 0.6 is 11.8 Å². The van der Waals surface area contributed by atoms with E-state index in [2.05, 4.69) is 32.2 Å². The summed E-state index contributed by atoms with van der Waals surface area (Å²) in [5.41, 5.74) is 4.65. The number of aromatic nitrogens is 3. The number of benzene rings is 1. The SMILES string of the molecule is C=C(CSC1CCN(C(=O)Nc2ccc(C)c(Nc3nccc(-c4cccnc4)n3)c2)CC1)C(=O)OCC. The van der Waals surface area contributed by atoms with Crippen molar-refractivity contribution < 1.29 is 14.3 Å². The molecule has 0 spiro atoms. The molecule has 1 aromatic carbocycles. The minimum Gasteiger partial charge on any atom is -0.463 e. The Balaban J connectivity index is 1.31. The second kappa shape index (κ2) is 13.0. The lowest BCUT2D eigenvalue weighted by Crippen LogP contribution is -2.41. The van der Waals surface area contributed by atoms with Crippen LogP contribution in [0, 0.1) is 6.92 Å². The number of piperidine rings is 1. The van der Waals surface area contributed by atoms with Crippen LogP contribution in [0.3, 0.4) is 0 Å². The van der Waals surface area contributed by atoms with E-state index in [4.69, 9.17) is 4.74 Å². The third-order valence-electron chi connectivity index (χ3n) is 6.13. The minimum atomic E-state index is -0.337. The van der Waals surface area contributed by atoms with E-state index < -0.39 is 0 Å². The first-order valence-electron chi connectivity index (χ1n) is 12.6. The summed E-state index contributed by atoms with van der Waals surface area (Å²) < 4.78 is 4.99. The van der Waals surface area contributed by atoms with Gasteiger partial charge in [0, 0.05) is 65.2 Å². The van der Waals surface area contributed by atoms with Crippen molar-refractivity contribution in [3.05, 3.63) is 72.7 Å². The highest BCUT2D eigenvalue weighted by Gasteiger charge is 2.24. The summed E-state index contributed by atoms with van der Waals surface area (Å²) in [5.74, 6) is 0.670. The molecule has 9 nitrogen and oxygen atoms in total. The number of thioether (sulfide) groups is 1. The molecule has 0 aliphatic carbocycles. The van der Waals surface area contributed by atoms with Gasteiger partial charge in [0.25, 0.3) is 0 Å². The number of nitrogens with one attached hydrogen (secondary N) is 2. The first-order valence-corrected chi connectivity index (χ1v) is 13.6. The smallest absolute Gasteiger partial charge is 0.334 e. The fraction of sp³-hybridized carbons (Fsp3) is 0.321. The fourth-order valence-electron chi connectivity index (χ4n) is 3.99. The Morgan fingerprint density at radius 3 is 2.74 bits per heavy atom. The molecule has 3 aromatic rings. The molecule has 1 aliphatic heterocycles. The van der Waals surface area contributed by atoms with E-state index in [1.807, 2.05) is 48.2 Å². The van der Waals surface area contributed by atoms with Crippen LogP contribution < -0.4 is 10.6 Å². The number of hydrogen-bond acceptors (Lipinski definition) is 8. The predicted octanol–water partition coefficient (Wildman–Crippen LogP) is 5.44. The first-order chi connectivity index (χ1) is 18.4. The van der Waals surface area contributed by atoms with E-state index in [1.165, 1.54) is 0 Å². The van der Waals surface area contributed by atoms with Gasteiger partial charge in [0.1, 0.15) is 0 Å². The Morgan fingerprint density at radius 2 is 2.00 bits per heavy atom. The summed E-state index contributed by atoms with van der Waals surface area (Å²) in [4.78, 5) is 39.6. The number of ether oxygens (including phenoxy) is 1. The van der Waals surface area contributed by atoms with Gasteiger partial charge in [-0.3, -0.25) is 4.98 Å². The van der Waals surface area contributed by atoms with Crippen molar-refractivity contribution in [1.82, 2.24) is 19.9 Å². The van der Waals surface area contributed by atoms with Crippen molar-refractivity contribution in [2.75, 3.05) is 36.1 Å². The highest BCUT2D eigenvalue weighted by atomic mass is 32.2. The van der Waals surface area contributed by atoms with Crippen LogP contribution in [-0.4, -0.2) is 62.6 Å². The molecule has 0 radical (unpaired) electrons. The number of likely N-dealkylation sites (tertiary alicyclic amines) is 1. The van der Waals surface area contributed by atoms with Crippen molar-refractivity contribution >= 4 is 41.1 Å². The largest absolute Gasteiger partial charge is 0.463 e. The predicted molar refractivity (Wildman–Crippen MR) is 152 cm³/mol. The Labute approximate surface area is 227 Å². The van der Waals surface area contributed by atoms with Crippen molar-refractivity contribution in [1.29, 1.82) is 0 Å². The van der Waals surface area contributed by atoms with Gasteiger partial charge in [-0.25, -0.2) is 19.6 Å². The number of carbonyl (C=O) groups excluding carboxylic acids is 2. The third kappa shape index (κ3) is 7.32. The molecule has 0 atom stereocenters. The van der Waals surface area contributed by atoms with E-state index in [1.54, 1.807) is 37.3 Å². The lowest BCUT2D eigenvalue weighted by molar-refractivity contribution is -0.138. The minimum absolute atomic E-state index is 0.131. The number of nitrogens with zero attached hydrogens (tertiary/aromatic N) is 4. The monoisotopic (exact) mass is 532 g/mol. The van der Waals surface area contributed by atoms with Gasteiger partial charge in [-0.15, -0.1) is 0 Å². The van der Waals surface area contributed by atoms with Crippen LogP contribution in [0.15, 0.2) is 67.1 Å². The van der Waals surface area contributed by atoms with Crippen LogP contribution in [0.4, 0.5) is 22.1 Å². The van der Waals surface area contributed by atoms with Crippen LogP contribution in [-0.2, 0) is 9.53 Å². The van der Waals surface area contributed by atoms with Gasteiger partial charge in [-0.1, -0.05) is 12.6 Å². The number of aryl methyl sites for hydroxylation is 1. The van der Waals surface area contributed by atoms with Crippen LogP contribution in [0.2, 0.25) is 0 Å². The molecular weight excluding hydrogens is 500 g/mol. The highest BCUT2D eigenvalue weighted by Crippen LogP contribution is 2.27. The zero-order chi connectivity index (χ0) is 26.9. The number of amides is 2. The van der Waals surface area contributed by atoms with Crippen LogP contribution in [0.5, 0.6) is 0 Å². The molecule has 2 N–H and O–H groups in total. The van der Waals surface area contributed by atoms with E-state index in [9.17, 15) is 9.59 Å². The number of pyridine rings is 1. The van der Waals surface area contributed by atoms with Crippen molar-refractivity contribution in [3.8, 4) is 11.3 Å². The van der Waals surface area contributed by atoms with E-state index in [0.29, 0.717) is 47.9 Å². The molecule has 10 heteroatoms. The number of hydrogen-bond donors (Lipinski definition) is 2. The normalized spacial score (nSPS) is 13.6. The topological polar surface area (TPSA) is 109 Å². The Kier molecular flexibility index (Phi) is 9.31. The molecule has 0 bridgehead atoms. The maximum atomic E-state index is 12.9. The van der Waals surface area contributed by atoms with Gasteiger partial charge < -0.3 is 20.3 Å². The number of urea groups is 1. The summed E-state index contributed by atoms with van der Waals surface area (Å²) in [6, 6.07) is 11.2. The van der Waals surface area contributed by atoms with Crippen molar-refractivity contribution in [2.45, 2.75) is 31.9 Å². The number of rotatable bonds is 9. The number of esters is 1. The molecule has 1 saturated heterocycles. The average molecular weight is 533 g/mol. The Morgan fingerprint density at radius 1 is 1.18 bits per heavy atom. The van der Waals surface area contributed by atoms with Crippen molar-refractivity contribution in [3.63, 3.8) is 0 Å². The quantitative estimate of drug-likeness (QED) is 0.277. The lowest BCUT2D eigenvalue weighted by Gasteiger charge is -2.31. The molecular formula is C28H32N6O3S. The fourth-order valence-corrected chi connectivity index (χ4v) is 5.09. The first kappa shape index (κ1) is 27.1. The van der Waals surface area contributed by atoms with Gasteiger partial charge in [0.2, 0.25) is 5.95 Å². The van der Waals surface area contributed by atoms with E-state index in [0.717, 1.165) is 35.3 Å². The maximum Gasteiger partial charge on any atom is 0.334 e. The van der Waals surface area contributed by atoms with E-state index in [-0.39, 0.29) is 12.0 Å². The molecule has 4 rings (SSSR count). The van der Waals surface area contributed by atoms with Gasteiger partial charge >= 0.3 is 12.0 Å². The molecule has 0 saturated carbocycles. The summed E-state index contributed by atoms with van der Waals surface area (Å²) in [6.07, 6.45) is 6.90. The van der Waals surface area contributed by atoms with Gasteiger partial charge in [-0.05, 0) is 62.6 Å². The second-order valence-electron chi connectivity index (χ2n) is 8.91. The average Bonchev–Trinajstić information content (AvgIpc) is 2.94. The summed E-state index contributed by atoms with van der Waals surface area (Å²) in [5, 5.41) is 6.66. The van der Waals surface area contributed by atoms with Gasteiger partial charge in [0.05, 0.1) is 12.3 Å². The molecule has 3 heterocycles. The van der Waals surface area contributed by atoms with E-state index >= 15 is 0 Å². The van der Waals surface area contributed by atoms with Crippen LogP contribution in [0.25, 0.3) is 11.3 Å². The number of anilines is 3. The van der Waals surface area contributed by atoms with Gasteiger partial charge in [-0.2, -0.15) is 11.8 Å². The standard InChI is InChI=1S/C28H32N6O3S/c1-4-37-26(35)20(3)18-38-23-10-14-34(15-11-23)28(36)31-22-8-7-19(2)25(16-22)33-27-30-13-9-24(32-27)21-6-5-12-29-17-21/h5-9,12-13,16-17,23H,3-4,10-11,14-15,18H2,1-2H3,(H,31,36)(H,30,32,33). The Bertz CT molecular complexity index is 1280. The molecule has 0 unspecified atom stereocenters. The summed E-state index contributed by atoms with van der Waals surface area (Å²) in [7, 11) is 0. The maximum absolute atomic E-state index is 12.9. The zero-order valence-electron chi connectivity index (χ0n) is 21.6. The molecule has 1 fully saturated rings. The summed E-state index contributed by atoms with van der Waals surface area (Å²) in [6.45, 7) is 9.24.